The van der Waals surface area contributed by atoms with Crippen LogP contribution in [0, 0.1) is 0 Å². The van der Waals surface area contributed by atoms with Crippen molar-refractivity contribution in [1.82, 2.24) is 0 Å². The van der Waals surface area contributed by atoms with E-state index in [2.05, 4.69) is 20.7 Å². The summed E-state index contributed by atoms with van der Waals surface area (Å²) < 4.78 is 53.2. The van der Waals surface area contributed by atoms with E-state index in [4.69, 9.17) is 0 Å². The fraction of sp³-hybridized carbons (Fsp3) is 0.400. The average molecular weight is 301 g/mol. The molecular formula is C10H9BrF4O. The van der Waals surface area contributed by atoms with E-state index in [1.807, 2.05) is 0 Å². The van der Waals surface area contributed by atoms with Crippen LogP contribution in [0.4, 0.5) is 17.6 Å². The lowest BCUT2D eigenvalue weighted by molar-refractivity contribution is -0.148. The fourth-order valence-electron chi connectivity index (χ4n) is 0.917. The minimum absolute atomic E-state index is 0.144. The van der Waals surface area contributed by atoms with Gasteiger partial charge in [-0.15, -0.1) is 0 Å². The quantitative estimate of drug-likeness (QED) is 0.593. The highest BCUT2D eigenvalue weighted by molar-refractivity contribution is 9.08. The Morgan fingerprint density at radius 2 is 1.75 bits per heavy atom. The molecule has 0 aliphatic carbocycles. The van der Waals surface area contributed by atoms with Crippen LogP contribution in [0.2, 0.25) is 0 Å². The number of hydrogen-bond donors (Lipinski definition) is 0. The second-order valence-electron chi connectivity index (χ2n) is 3.13. The SMILES string of the molecule is FC(F)C(F)(F)COc1ccc(CBr)cc1. The highest BCUT2D eigenvalue weighted by Gasteiger charge is 2.41. The number of alkyl halides is 5. The van der Waals surface area contributed by atoms with Crippen LogP contribution >= 0.6 is 15.9 Å². The molecule has 0 radical (unpaired) electrons. The minimum Gasteiger partial charge on any atom is -0.487 e. The largest absolute Gasteiger partial charge is 0.487 e. The van der Waals surface area contributed by atoms with Crippen molar-refractivity contribution in [3.63, 3.8) is 0 Å². The van der Waals surface area contributed by atoms with Crippen LogP contribution in [-0.4, -0.2) is 19.0 Å². The maximum atomic E-state index is 12.5. The van der Waals surface area contributed by atoms with Crippen LogP contribution in [0.5, 0.6) is 5.75 Å². The molecule has 0 saturated heterocycles. The molecule has 16 heavy (non-hydrogen) atoms. The topological polar surface area (TPSA) is 9.23 Å². The molecule has 1 aromatic carbocycles. The second-order valence-corrected chi connectivity index (χ2v) is 3.69. The Morgan fingerprint density at radius 3 is 2.19 bits per heavy atom. The molecule has 0 fully saturated rings. The van der Waals surface area contributed by atoms with Crippen LogP contribution in [0.25, 0.3) is 0 Å². The van der Waals surface area contributed by atoms with Gasteiger partial charge in [0.2, 0.25) is 0 Å². The molecule has 0 bridgehead atoms. The van der Waals surface area contributed by atoms with Crippen molar-refractivity contribution in [3.8, 4) is 5.75 Å². The van der Waals surface area contributed by atoms with Gasteiger partial charge in [-0.1, -0.05) is 28.1 Å². The first-order valence-corrected chi connectivity index (χ1v) is 5.51. The molecule has 0 aliphatic rings. The molecule has 1 aromatic rings. The Bertz CT molecular complexity index is 326. The molecule has 6 heteroatoms. The van der Waals surface area contributed by atoms with Crippen LogP contribution in [-0.2, 0) is 5.33 Å². The standard InChI is InChI=1S/C10H9BrF4O/c11-5-7-1-3-8(4-2-7)16-6-10(14,15)9(12)13/h1-4,9H,5-6H2. The van der Waals surface area contributed by atoms with Crippen LogP contribution in [0.3, 0.4) is 0 Å². The first-order chi connectivity index (χ1) is 7.45. The normalized spacial score (nSPS) is 11.9. The minimum atomic E-state index is -4.12. The summed E-state index contributed by atoms with van der Waals surface area (Å²) in [5.41, 5.74) is 0.938. The molecule has 0 unspecified atom stereocenters. The summed E-state index contributed by atoms with van der Waals surface area (Å²) in [4.78, 5) is 0. The first-order valence-electron chi connectivity index (χ1n) is 4.39. The van der Waals surface area contributed by atoms with Crippen LogP contribution in [0.1, 0.15) is 5.56 Å². The Kier molecular flexibility index (Phi) is 4.58. The summed E-state index contributed by atoms with van der Waals surface area (Å²) in [6.45, 7) is -1.32. The number of ether oxygens (including phenoxy) is 1. The van der Waals surface area contributed by atoms with E-state index in [0.717, 1.165) is 5.56 Å². The number of hydrogen-bond acceptors (Lipinski definition) is 1. The molecule has 0 aliphatic heterocycles. The van der Waals surface area contributed by atoms with Crippen molar-refractivity contribution in [2.45, 2.75) is 17.7 Å². The Labute approximate surface area is 98.5 Å². The van der Waals surface area contributed by atoms with Crippen molar-refractivity contribution < 1.29 is 22.3 Å². The van der Waals surface area contributed by atoms with Gasteiger partial charge in [0.05, 0.1) is 0 Å². The Hall–Kier alpha value is -0.780. The monoisotopic (exact) mass is 300 g/mol. The summed E-state index contributed by atoms with van der Waals surface area (Å²) in [6.07, 6.45) is -3.71. The zero-order chi connectivity index (χ0) is 12.2. The van der Waals surface area contributed by atoms with Crippen LogP contribution in [0.15, 0.2) is 24.3 Å². The molecule has 0 N–H and O–H groups in total. The van der Waals surface area contributed by atoms with E-state index < -0.39 is 19.0 Å². The molecule has 0 saturated carbocycles. The maximum absolute atomic E-state index is 12.5. The van der Waals surface area contributed by atoms with Gasteiger partial charge in [0, 0.05) is 5.33 Å². The molecule has 0 amide bonds. The molecule has 1 rings (SSSR count). The lowest BCUT2D eigenvalue weighted by Gasteiger charge is -2.15. The van der Waals surface area contributed by atoms with Gasteiger partial charge in [-0.25, -0.2) is 8.78 Å². The summed E-state index contributed by atoms with van der Waals surface area (Å²) in [5.74, 6) is -3.97. The van der Waals surface area contributed by atoms with Gasteiger partial charge >= 0.3 is 12.3 Å². The molecule has 0 heterocycles. The molecule has 0 aromatic heterocycles. The molecule has 1 nitrogen and oxygen atoms in total. The third kappa shape index (κ3) is 3.66. The van der Waals surface area contributed by atoms with Gasteiger partial charge in [0.1, 0.15) is 5.75 Å². The Morgan fingerprint density at radius 1 is 1.19 bits per heavy atom. The van der Waals surface area contributed by atoms with Crippen molar-refractivity contribution >= 4 is 15.9 Å². The Balaban J connectivity index is 2.54. The van der Waals surface area contributed by atoms with Crippen molar-refractivity contribution in [2.24, 2.45) is 0 Å². The summed E-state index contributed by atoms with van der Waals surface area (Å²) in [6, 6.07) is 6.23. The zero-order valence-electron chi connectivity index (χ0n) is 8.10. The van der Waals surface area contributed by atoms with E-state index >= 15 is 0 Å². The lowest BCUT2D eigenvalue weighted by Crippen LogP contribution is -2.33. The summed E-state index contributed by atoms with van der Waals surface area (Å²) in [5, 5.41) is 0.625. The number of benzene rings is 1. The van der Waals surface area contributed by atoms with E-state index in [-0.39, 0.29) is 5.75 Å². The predicted molar refractivity (Wildman–Crippen MR) is 55.5 cm³/mol. The van der Waals surface area contributed by atoms with Crippen LogP contribution < -0.4 is 4.74 Å². The van der Waals surface area contributed by atoms with Gasteiger partial charge in [-0.05, 0) is 17.7 Å². The van der Waals surface area contributed by atoms with E-state index in [9.17, 15) is 17.6 Å². The lowest BCUT2D eigenvalue weighted by atomic mass is 10.2. The van der Waals surface area contributed by atoms with Crippen molar-refractivity contribution in [3.05, 3.63) is 29.8 Å². The van der Waals surface area contributed by atoms with Gasteiger partial charge in [0.15, 0.2) is 6.61 Å². The average Bonchev–Trinajstić information content (AvgIpc) is 2.27. The maximum Gasteiger partial charge on any atom is 0.340 e. The van der Waals surface area contributed by atoms with Crippen molar-refractivity contribution in [2.75, 3.05) is 6.61 Å². The van der Waals surface area contributed by atoms with E-state index in [1.54, 1.807) is 12.1 Å². The molecule has 0 spiro atoms. The van der Waals surface area contributed by atoms with Gasteiger partial charge in [-0.3, -0.25) is 0 Å². The molecule has 0 atom stereocenters. The van der Waals surface area contributed by atoms with Gasteiger partial charge in [0.25, 0.3) is 0 Å². The summed E-state index contributed by atoms with van der Waals surface area (Å²) in [7, 11) is 0. The predicted octanol–water partition coefficient (Wildman–Crippen LogP) is 3.86. The highest BCUT2D eigenvalue weighted by atomic mass is 79.9. The van der Waals surface area contributed by atoms with Gasteiger partial charge in [-0.2, -0.15) is 8.78 Å². The van der Waals surface area contributed by atoms with Crippen molar-refractivity contribution in [1.29, 1.82) is 0 Å². The highest BCUT2D eigenvalue weighted by Crippen LogP contribution is 2.24. The number of halogens is 5. The fourth-order valence-corrected chi connectivity index (χ4v) is 1.29. The first kappa shape index (κ1) is 13.3. The summed E-state index contributed by atoms with van der Waals surface area (Å²) >= 11 is 3.21. The molecular weight excluding hydrogens is 292 g/mol. The molecule has 90 valence electrons. The van der Waals surface area contributed by atoms with Gasteiger partial charge < -0.3 is 4.74 Å². The zero-order valence-corrected chi connectivity index (χ0v) is 9.69. The smallest absolute Gasteiger partial charge is 0.340 e. The van der Waals surface area contributed by atoms with E-state index in [1.165, 1.54) is 12.1 Å². The van der Waals surface area contributed by atoms with E-state index in [0.29, 0.717) is 5.33 Å². The third-order valence-electron chi connectivity index (χ3n) is 1.83. The second kappa shape index (κ2) is 5.52. The number of rotatable bonds is 5. The third-order valence-corrected chi connectivity index (χ3v) is 2.48.